The number of fused-ring (bicyclic) bond motifs is 1. The highest BCUT2D eigenvalue weighted by molar-refractivity contribution is 7.20. The number of carbonyl (C=O) groups is 1. The first-order chi connectivity index (χ1) is 13.3. The monoisotopic (exact) mass is 396 g/mol. The Morgan fingerprint density at radius 3 is 2.64 bits per heavy atom. The summed E-state index contributed by atoms with van der Waals surface area (Å²) < 4.78 is 2.91. The van der Waals surface area contributed by atoms with Crippen molar-refractivity contribution in [3.8, 4) is 5.13 Å². The molecule has 3 aromatic rings. The molecule has 0 aliphatic heterocycles. The Morgan fingerprint density at radius 1 is 1.18 bits per heavy atom. The number of anilines is 1. The summed E-state index contributed by atoms with van der Waals surface area (Å²) in [6.07, 6.45) is 5.49. The number of benzene rings is 1. The molecule has 28 heavy (non-hydrogen) atoms. The summed E-state index contributed by atoms with van der Waals surface area (Å²) in [5, 5.41) is 8.49. The highest BCUT2D eigenvalue weighted by Crippen LogP contribution is 2.32. The minimum atomic E-state index is 0.0970. The molecule has 0 radical (unpaired) electrons. The molecule has 1 N–H and O–H groups in total. The lowest BCUT2D eigenvalue weighted by molar-refractivity contribution is -0.120. The van der Waals surface area contributed by atoms with Gasteiger partial charge in [-0.2, -0.15) is 9.78 Å². The number of hydrogen-bond donors (Lipinski definition) is 1. The number of aromatic nitrogens is 3. The minimum absolute atomic E-state index is 0.0970. The third kappa shape index (κ3) is 3.83. The highest BCUT2D eigenvalue weighted by Gasteiger charge is 2.23. The first kappa shape index (κ1) is 19.1. The van der Waals surface area contributed by atoms with E-state index < -0.39 is 0 Å². The van der Waals surface area contributed by atoms with Crippen LogP contribution in [0.15, 0.2) is 24.3 Å². The number of carbonyl (C=O) groups excluding carboxylic acids is 1. The van der Waals surface area contributed by atoms with Crippen LogP contribution < -0.4 is 5.32 Å². The second kappa shape index (κ2) is 7.32. The fourth-order valence-corrected chi connectivity index (χ4v) is 4.77. The second-order valence-electron chi connectivity index (χ2n) is 8.84. The fourth-order valence-electron chi connectivity index (χ4n) is 3.80. The average Bonchev–Trinajstić information content (AvgIpc) is 3.24. The number of thiazole rings is 1. The van der Waals surface area contributed by atoms with Crippen LogP contribution in [-0.4, -0.2) is 20.7 Å². The molecule has 2 aromatic heterocycles. The van der Waals surface area contributed by atoms with E-state index in [0.717, 1.165) is 46.7 Å². The molecular formula is C22H28N4OS. The molecular weight excluding hydrogens is 368 g/mol. The molecule has 1 aromatic carbocycles. The third-order valence-corrected chi connectivity index (χ3v) is 6.48. The SMILES string of the molecule is Cc1cc(NC(=O)C2CCCCC2)n(-c2nc3ccc(C(C)(C)C)cc3s2)n1. The first-order valence-electron chi connectivity index (χ1n) is 10.1. The predicted molar refractivity (Wildman–Crippen MR) is 115 cm³/mol. The van der Waals surface area contributed by atoms with Crippen molar-refractivity contribution in [2.75, 3.05) is 5.32 Å². The molecule has 1 aliphatic rings. The summed E-state index contributed by atoms with van der Waals surface area (Å²) in [6.45, 7) is 8.58. The van der Waals surface area contributed by atoms with Crippen LogP contribution in [0.5, 0.6) is 0 Å². The van der Waals surface area contributed by atoms with Gasteiger partial charge in [0.15, 0.2) is 0 Å². The van der Waals surface area contributed by atoms with E-state index in [9.17, 15) is 4.79 Å². The number of rotatable bonds is 3. The molecule has 2 heterocycles. The van der Waals surface area contributed by atoms with Crippen LogP contribution in [0.3, 0.4) is 0 Å². The molecule has 0 spiro atoms. The lowest BCUT2D eigenvalue weighted by atomic mass is 9.87. The highest BCUT2D eigenvalue weighted by atomic mass is 32.1. The van der Waals surface area contributed by atoms with Crippen molar-refractivity contribution < 1.29 is 4.79 Å². The summed E-state index contributed by atoms with van der Waals surface area (Å²) in [4.78, 5) is 17.5. The molecule has 148 valence electrons. The van der Waals surface area contributed by atoms with Crippen LogP contribution in [0.1, 0.15) is 64.1 Å². The van der Waals surface area contributed by atoms with E-state index in [1.165, 1.54) is 12.0 Å². The van der Waals surface area contributed by atoms with Crippen LogP contribution in [0.25, 0.3) is 15.3 Å². The Morgan fingerprint density at radius 2 is 1.93 bits per heavy atom. The largest absolute Gasteiger partial charge is 0.310 e. The maximum Gasteiger partial charge on any atom is 0.228 e. The van der Waals surface area contributed by atoms with Gasteiger partial charge in [0.2, 0.25) is 11.0 Å². The summed E-state index contributed by atoms with van der Waals surface area (Å²) >= 11 is 1.61. The van der Waals surface area contributed by atoms with Crippen LogP contribution in [0, 0.1) is 12.8 Å². The van der Waals surface area contributed by atoms with E-state index in [1.54, 1.807) is 16.0 Å². The zero-order valence-corrected chi connectivity index (χ0v) is 17.9. The van der Waals surface area contributed by atoms with E-state index >= 15 is 0 Å². The quantitative estimate of drug-likeness (QED) is 0.626. The second-order valence-corrected chi connectivity index (χ2v) is 9.84. The van der Waals surface area contributed by atoms with Crippen molar-refractivity contribution in [1.82, 2.24) is 14.8 Å². The van der Waals surface area contributed by atoms with Gasteiger partial charge in [-0.05, 0) is 42.9 Å². The fraction of sp³-hybridized carbons (Fsp3) is 0.500. The van der Waals surface area contributed by atoms with Gasteiger partial charge in [0.25, 0.3) is 0 Å². The molecule has 0 saturated heterocycles. The Balaban J connectivity index is 1.65. The number of nitrogens with zero attached hydrogens (tertiary/aromatic N) is 3. The number of nitrogens with one attached hydrogen (secondary N) is 1. The average molecular weight is 397 g/mol. The van der Waals surface area contributed by atoms with Gasteiger partial charge >= 0.3 is 0 Å². The Hall–Kier alpha value is -2.21. The molecule has 0 unspecified atom stereocenters. The molecule has 1 fully saturated rings. The van der Waals surface area contributed by atoms with Gasteiger partial charge in [-0.3, -0.25) is 4.79 Å². The van der Waals surface area contributed by atoms with Crippen molar-refractivity contribution in [3.05, 3.63) is 35.5 Å². The molecule has 0 atom stereocenters. The maximum atomic E-state index is 12.7. The molecule has 0 bridgehead atoms. The molecule has 6 heteroatoms. The maximum absolute atomic E-state index is 12.7. The van der Waals surface area contributed by atoms with Gasteiger partial charge in [-0.1, -0.05) is 57.4 Å². The Bertz CT molecular complexity index is 1010. The van der Waals surface area contributed by atoms with Crippen molar-refractivity contribution in [2.24, 2.45) is 5.92 Å². The third-order valence-electron chi connectivity index (χ3n) is 5.48. The zero-order valence-electron chi connectivity index (χ0n) is 17.1. The van der Waals surface area contributed by atoms with E-state index in [1.807, 2.05) is 13.0 Å². The Labute approximate surface area is 170 Å². The molecule has 5 nitrogen and oxygen atoms in total. The summed E-state index contributed by atoms with van der Waals surface area (Å²) in [5.74, 6) is 0.933. The first-order valence-corrected chi connectivity index (χ1v) is 10.9. The molecule has 1 amide bonds. The Kier molecular flexibility index (Phi) is 5.00. The predicted octanol–water partition coefficient (Wildman–Crippen LogP) is 5.61. The van der Waals surface area contributed by atoms with E-state index in [2.05, 4.69) is 49.4 Å². The van der Waals surface area contributed by atoms with Crippen LogP contribution in [0.2, 0.25) is 0 Å². The molecule has 1 saturated carbocycles. The summed E-state index contributed by atoms with van der Waals surface area (Å²) in [5.41, 5.74) is 3.22. The van der Waals surface area contributed by atoms with E-state index in [0.29, 0.717) is 5.82 Å². The van der Waals surface area contributed by atoms with Gasteiger partial charge in [0.05, 0.1) is 15.9 Å². The van der Waals surface area contributed by atoms with Crippen LogP contribution in [0.4, 0.5) is 5.82 Å². The van der Waals surface area contributed by atoms with Gasteiger partial charge in [0.1, 0.15) is 5.82 Å². The molecule has 1 aliphatic carbocycles. The van der Waals surface area contributed by atoms with E-state index in [-0.39, 0.29) is 17.2 Å². The van der Waals surface area contributed by atoms with Crippen molar-refractivity contribution >= 4 is 33.3 Å². The summed E-state index contributed by atoms with van der Waals surface area (Å²) in [7, 11) is 0. The van der Waals surface area contributed by atoms with Crippen LogP contribution in [-0.2, 0) is 10.2 Å². The van der Waals surface area contributed by atoms with Crippen LogP contribution >= 0.6 is 11.3 Å². The number of hydrogen-bond acceptors (Lipinski definition) is 4. The standard InChI is InChI=1S/C22H28N4OS/c1-14-12-19(24-20(27)15-8-6-5-7-9-15)26(25-14)21-23-17-11-10-16(22(2,3)4)13-18(17)28-21/h10-13,15H,5-9H2,1-4H3,(H,24,27). The van der Waals surface area contributed by atoms with Gasteiger partial charge in [-0.15, -0.1) is 0 Å². The topological polar surface area (TPSA) is 59.8 Å². The van der Waals surface area contributed by atoms with Gasteiger partial charge in [-0.25, -0.2) is 4.98 Å². The van der Waals surface area contributed by atoms with Crippen molar-refractivity contribution in [1.29, 1.82) is 0 Å². The van der Waals surface area contributed by atoms with Gasteiger partial charge < -0.3 is 5.32 Å². The summed E-state index contributed by atoms with van der Waals surface area (Å²) in [6, 6.07) is 8.36. The lowest BCUT2D eigenvalue weighted by Gasteiger charge is -2.20. The zero-order chi connectivity index (χ0) is 19.9. The van der Waals surface area contributed by atoms with E-state index in [4.69, 9.17) is 4.98 Å². The smallest absolute Gasteiger partial charge is 0.228 e. The number of amides is 1. The molecule has 4 rings (SSSR count). The van der Waals surface area contributed by atoms with Gasteiger partial charge in [0, 0.05) is 12.0 Å². The minimum Gasteiger partial charge on any atom is -0.310 e. The normalized spacial score (nSPS) is 15.9. The lowest BCUT2D eigenvalue weighted by Crippen LogP contribution is -2.25. The van der Waals surface area contributed by atoms with Crippen molar-refractivity contribution in [3.63, 3.8) is 0 Å². The number of aryl methyl sites for hydroxylation is 1. The van der Waals surface area contributed by atoms with Crippen molar-refractivity contribution in [2.45, 2.75) is 65.2 Å².